The molecule has 0 saturated carbocycles. The van der Waals surface area contributed by atoms with Crippen LogP contribution >= 0.6 is 0 Å². The SMILES string of the molecule is [C-]#[N+]CC(=O)Cc1c(F)ccc(F)c1F. The van der Waals surface area contributed by atoms with Gasteiger partial charge in [-0.05, 0) is 12.1 Å². The van der Waals surface area contributed by atoms with Gasteiger partial charge in [0.15, 0.2) is 11.6 Å². The summed E-state index contributed by atoms with van der Waals surface area (Å²) in [5.41, 5.74) is -0.622. The Morgan fingerprint density at radius 3 is 2.47 bits per heavy atom. The lowest BCUT2D eigenvalue weighted by atomic mass is 10.1. The molecule has 5 heteroatoms. The lowest BCUT2D eigenvalue weighted by Gasteiger charge is -2.02. The van der Waals surface area contributed by atoms with E-state index in [2.05, 4.69) is 4.85 Å². The molecule has 0 atom stereocenters. The second-order valence-corrected chi connectivity index (χ2v) is 2.85. The van der Waals surface area contributed by atoms with Crippen LogP contribution < -0.4 is 0 Å². The summed E-state index contributed by atoms with van der Waals surface area (Å²) in [6, 6.07) is 1.40. The van der Waals surface area contributed by atoms with Crippen molar-refractivity contribution in [3.05, 3.63) is 46.6 Å². The zero-order chi connectivity index (χ0) is 11.4. The number of Topliss-reactive ketones (excluding diaryl/α,β-unsaturated/α-hetero) is 1. The molecule has 0 aliphatic carbocycles. The van der Waals surface area contributed by atoms with E-state index in [1.165, 1.54) is 0 Å². The standard InChI is InChI=1S/C10H6F3NO/c1-14-5-6(15)4-7-8(11)2-3-9(12)10(7)13/h2-3H,4-5H2. The Balaban J connectivity index is 3.00. The van der Waals surface area contributed by atoms with Crippen LogP contribution in [0.25, 0.3) is 4.85 Å². The summed E-state index contributed by atoms with van der Waals surface area (Å²) in [6.07, 6.45) is -0.599. The van der Waals surface area contributed by atoms with Crippen molar-refractivity contribution in [1.82, 2.24) is 0 Å². The van der Waals surface area contributed by atoms with Crippen LogP contribution in [0.5, 0.6) is 0 Å². The monoisotopic (exact) mass is 213 g/mol. The minimum absolute atomic E-state index is 0.463. The largest absolute Gasteiger partial charge is 0.309 e. The number of nitrogens with zero attached hydrogens (tertiary/aromatic N) is 1. The summed E-state index contributed by atoms with van der Waals surface area (Å²) in [5, 5.41) is 0. The third kappa shape index (κ3) is 2.56. The molecule has 0 amide bonds. The van der Waals surface area contributed by atoms with Crippen LogP contribution in [0.2, 0.25) is 0 Å². The lowest BCUT2D eigenvalue weighted by Crippen LogP contribution is -2.09. The highest BCUT2D eigenvalue weighted by Gasteiger charge is 2.17. The van der Waals surface area contributed by atoms with Crippen LogP contribution in [0.1, 0.15) is 5.56 Å². The van der Waals surface area contributed by atoms with Crippen molar-refractivity contribution in [1.29, 1.82) is 0 Å². The fourth-order valence-corrected chi connectivity index (χ4v) is 1.07. The van der Waals surface area contributed by atoms with E-state index in [0.29, 0.717) is 6.07 Å². The average Bonchev–Trinajstić information content (AvgIpc) is 2.19. The van der Waals surface area contributed by atoms with Crippen LogP contribution in [-0.2, 0) is 11.2 Å². The van der Waals surface area contributed by atoms with Gasteiger partial charge in [0, 0.05) is 12.0 Å². The number of carbonyl (C=O) groups excluding carboxylic acids is 1. The van der Waals surface area contributed by atoms with Gasteiger partial charge >= 0.3 is 0 Å². The van der Waals surface area contributed by atoms with E-state index in [4.69, 9.17) is 6.57 Å². The summed E-state index contributed by atoms with van der Waals surface area (Å²) < 4.78 is 38.7. The molecular formula is C10H6F3NO. The number of ketones is 1. The van der Waals surface area contributed by atoms with Gasteiger partial charge in [-0.3, -0.25) is 4.79 Å². The van der Waals surface area contributed by atoms with E-state index in [1.807, 2.05) is 0 Å². The van der Waals surface area contributed by atoms with Gasteiger partial charge in [-0.2, -0.15) is 0 Å². The van der Waals surface area contributed by atoms with Crippen molar-refractivity contribution >= 4 is 5.78 Å². The lowest BCUT2D eigenvalue weighted by molar-refractivity contribution is -0.116. The quantitative estimate of drug-likeness (QED) is 0.556. The fraction of sp³-hybridized carbons (Fsp3) is 0.200. The van der Waals surface area contributed by atoms with E-state index in [9.17, 15) is 18.0 Å². The van der Waals surface area contributed by atoms with Gasteiger partial charge in [0.1, 0.15) is 5.82 Å². The van der Waals surface area contributed by atoms with Crippen LogP contribution in [0, 0.1) is 24.0 Å². The first-order valence-electron chi connectivity index (χ1n) is 4.03. The van der Waals surface area contributed by atoms with Crippen molar-refractivity contribution in [2.24, 2.45) is 0 Å². The number of halogens is 3. The molecule has 0 fully saturated rings. The van der Waals surface area contributed by atoms with E-state index in [1.54, 1.807) is 0 Å². The minimum atomic E-state index is -1.37. The summed E-state index contributed by atoms with van der Waals surface area (Å²) in [6.45, 7) is 5.93. The Kier molecular flexibility index (Phi) is 3.45. The predicted octanol–water partition coefficient (Wildman–Crippen LogP) is 2.13. The molecule has 0 saturated heterocycles. The second-order valence-electron chi connectivity index (χ2n) is 2.85. The van der Waals surface area contributed by atoms with E-state index < -0.39 is 41.8 Å². The molecule has 0 bridgehead atoms. The highest BCUT2D eigenvalue weighted by Crippen LogP contribution is 2.16. The van der Waals surface area contributed by atoms with Crippen LogP contribution in [0.4, 0.5) is 13.2 Å². The topological polar surface area (TPSA) is 21.4 Å². The van der Waals surface area contributed by atoms with Gasteiger partial charge in [0.25, 0.3) is 6.54 Å². The molecule has 0 aliphatic rings. The van der Waals surface area contributed by atoms with E-state index in [-0.39, 0.29) is 0 Å². The molecular weight excluding hydrogens is 207 g/mol. The summed E-state index contributed by atoms with van der Waals surface area (Å²) in [4.78, 5) is 13.7. The number of benzene rings is 1. The predicted molar refractivity (Wildman–Crippen MR) is 46.5 cm³/mol. The van der Waals surface area contributed by atoms with E-state index in [0.717, 1.165) is 6.07 Å². The molecule has 1 aromatic carbocycles. The van der Waals surface area contributed by atoms with Crippen LogP contribution in [-0.4, -0.2) is 12.3 Å². The Morgan fingerprint density at radius 1 is 1.27 bits per heavy atom. The van der Waals surface area contributed by atoms with Crippen molar-refractivity contribution in [2.45, 2.75) is 6.42 Å². The number of carbonyl (C=O) groups is 1. The maximum Gasteiger partial charge on any atom is 0.272 e. The first-order valence-corrected chi connectivity index (χ1v) is 4.03. The van der Waals surface area contributed by atoms with Crippen molar-refractivity contribution in [3.8, 4) is 0 Å². The normalized spacial score (nSPS) is 9.73. The molecule has 0 aromatic heterocycles. The smallest absolute Gasteiger partial charge is 0.272 e. The fourth-order valence-electron chi connectivity index (χ4n) is 1.07. The third-order valence-electron chi connectivity index (χ3n) is 1.77. The van der Waals surface area contributed by atoms with Crippen molar-refractivity contribution in [2.75, 3.05) is 6.54 Å². The maximum atomic E-state index is 13.0. The summed E-state index contributed by atoms with van der Waals surface area (Å²) in [5.74, 6) is -4.20. The van der Waals surface area contributed by atoms with Crippen molar-refractivity contribution in [3.63, 3.8) is 0 Å². The molecule has 78 valence electrons. The van der Waals surface area contributed by atoms with Gasteiger partial charge < -0.3 is 4.85 Å². The van der Waals surface area contributed by atoms with Crippen LogP contribution in [0.3, 0.4) is 0 Å². The Morgan fingerprint density at radius 2 is 1.87 bits per heavy atom. The zero-order valence-electron chi connectivity index (χ0n) is 7.56. The molecule has 1 rings (SSSR count). The number of rotatable bonds is 3. The van der Waals surface area contributed by atoms with Gasteiger partial charge in [-0.25, -0.2) is 19.7 Å². The summed E-state index contributed by atoms with van der Waals surface area (Å²) in [7, 11) is 0. The van der Waals surface area contributed by atoms with Gasteiger partial charge in [-0.15, -0.1) is 0 Å². The molecule has 0 N–H and O–H groups in total. The molecule has 0 heterocycles. The molecule has 1 aromatic rings. The maximum absolute atomic E-state index is 13.0. The highest BCUT2D eigenvalue weighted by molar-refractivity contribution is 5.84. The molecule has 2 nitrogen and oxygen atoms in total. The van der Waals surface area contributed by atoms with Gasteiger partial charge in [0.2, 0.25) is 5.78 Å². The van der Waals surface area contributed by atoms with E-state index >= 15 is 0 Å². The molecule has 0 radical (unpaired) electrons. The van der Waals surface area contributed by atoms with Gasteiger partial charge in [-0.1, -0.05) is 0 Å². The number of hydrogen-bond donors (Lipinski definition) is 0. The first kappa shape index (κ1) is 11.2. The first-order chi connectivity index (χ1) is 7.06. The molecule has 15 heavy (non-hydrogen) atoms. The summed E-state index contributed by atoms with van der Waals surface area (Å²) >= 11 is 0. The molecule has 0 aliphatic heterocycles. The Hall–Kier alpha value is -1.83. The molecule has 0 unspecified atom stereocenters. The second kappa shape index (κ2) is 4.60. The zero-order valence-corrected chi connectivity index (χ0v) is 7.56. The minimum Gasteiger partial charge on any atom is -0.309 e. The van der Waals surface area contributed by atoms with Crippen LogP contribution in [0.15, 0.2) is 12.1 Å². The number of hydrogen-bond acceptors (Lipinski definition) is 1. The Labute approximate surface area is 84.2 Å². The highest BCUT2D eigenvalue weighted by atomic mass is 19.2. The van der Waals surface area contributed by atoms with Gasteiger partial charge in [0.05, 0.1) is 0 Å². The third-order valence-corrected chi connectivity index (χ3v) is 1.77. The molecule has 0 spiro atoms. The average molecular weight is 213 g/mol. The Bertz CT molecular complexity index is 437. The van der Waals surface area contributed by atoms with Crippen molar-refractivity contribution < 1.29 is 18.0 Å².